The average Bonchev–Trinajstić information content (AvgIpc) is 2.76. The van der Waals surface area contributed by atoms with Gasteiger partial charge in [-0.15, -0.1) is 0 Å². The molecular weight excluding hydrogens is 318 g/mol. The summed E-state index contributed by atoms with van der Waals surface area (Å²) in [5.41, 5.74) is 8.68. The Morgan fingerprint density at radius 1 is 1.40 bits per heavy atom. The zero-order valence-electron chi connectivity index (χ0n) is 12.3. The molecule has 0 amide bonds. The Balaban J connectivity index is 2.56. The van der Waals surface area contributed by atoms with E-state index in [2.05, 4.69) is 29.8 Å². The molecule has 108 valence electrons. The number of benzene rings is 1. The molecule has 5 heteroatoms. The van der Waals surface area contributed by atoms with Crippen molar-refractivity contribution < 1.29 is 4.74 Å². The summed E-state index contributed by atoms with van der Waals surface area (Å²) in [6.07, 6.45) is 0. The molecular formula is C15H20BrN3O. The number of nitrogens with zero attached hydrogens (tertiary/aromatic N) is 2. The van der Waals surface area contributed by atoms with E-state index >= 15 is 0 Å². The SMILES string of the molecule is COc1cccc(-n2nc(C(C)(C)CN)c(Br)c2C)c1. The van der Waals surface area contributed by atoms with Crippen molar-refractivity contribution in [3.05, 3.63) is 40.1 Å². The largest absolute Gasteiger partial charge is 0.497 e. The van der Waals surface area contributed by atoms with Crippen molar-refractivity contribution in [2.75, 3.05) is 13.7 Å². The maximum Gasteiger partial charge on any atom is 0.121 e. The highest BCUT2D eigenvalue weighted by molar-refractivity contribution is 9.10. The van der Waals surface area contributed by atoms with E-state index in [-0.39, 0.29) is 5.41 Å². The summed E-state index contributed by atoms with van der Waals surface area (Å²) in [6, 6.07) is 7.85. The van der Waals surface area contributed by atoms with Crippen LogP contribution in [-0.2, 0) is 5.41 Å². The minimum atomic E-state index is -0.173. The maximum atomic E-state index is 5.86. The molecule has 0 fully saturated rings. The summed E-state index contributed by atoms with van der Waals surface area (Å²) in [7, 11) is 1.66. The summed E-state index contributed by atoms with van der Waals surface area (Å²) >= 11 is 3.64. The van der Waals surface area contributed by atoms with Gasteiger partial charge < -0.3 is 10.5 Å². The summed E-state index contributed by atoms with van der Waals surface area (Å²) in [5.74, 6) is 0.813. The van der Waals surface area contributed by atoms with Crippen molar-refractivity contribution >= 4 is 15.9 Å². The van der Waals surface area contributed by atoms with Crippen molar-refractivity contribution in [2.45, 2.75) is 26.2 Å². The quantitative estimate of drug-likeness (QED) is 0.932. The average molecular weight is 338 g/mol. The number of rotatable bonds is 4. The lowest BCUT2D eigenvalue weighted by Gasteiger charge is -2.20. The second-order valence-corrected chi connectivity index (χ2v) is 6.24. The van der Waals surface area contributed by atoms with Crippen LogP contribution in [0.2, 0.25) is 0 Å². The fraction of sp³-hybridized carbons (Fsp3) is 0.400. The third kappa shape index (κ3) is 2.60. The number of halogens is 1. The highest BCUT2D eigenvalue weighted by Crippen LogP contribution is 2.32. The van der Waals surface area contributed by atoms with Crippen LogP contribution < -0.4 is 10.5 Å². The topological polar surface area (TPSA) is 53.1 Å². The van der Waals surface area contributed by atoms with Crippen LogP contribution in [0.3, 0.4) is 0 Å². The molecule has 0 spiro atoms. The van der Waals surface area contributed by atoms with Crippen molar-refractivity contribution in [3.63, 3.8) is 0 Å². The third-order valence-corrected chi connectivity index (χ3v) is 4.44. The van der Waals surface area contributed by atoms with Gasteiger partial charge in [-0.1, -0.05) is 19.9 Å². The first-order chi connectivity index (χ1) is 9.40. The Hall–Kier alpha value is -1.33. The second-order valence-electron chi connectivity index (χ2n) is 5.45. The number of ether oxygens (including phenoxy) is 1. The number of nitrogens with two attached hydrogens (primary N) is 1. The first-order valence-corrected chi connectivity index (χ1v) is 7.30. The van der Waals surface area contributed by atoms with Crippen molar-refractivity contribution in [2.24, 2.45) is 5.73 Å². The monoisotopic (exact) mass is 337 g/mol. The molecule has 2 N–H and O–H groups in total. The van der Waals surface area contributed by atoms with Crippen LogP contribution in [0, 0.1) is 6.92 Å². The molecule has 0 unspecified atom stereocenters. The zero-order chi connectivity index (χ0) is 14.9. The van der Waals surface area contributed by atoms with E-state index < -0.39 is 0 Å². The Labute approximate surface area is 128 Å². The Bertz CT molecular complexity index is 620. The first-order valence-electron chi connectivity index (χ1n) is 6.51. The highest BCUT2D eigenvalue weighted by Gasteiger charge is 2.27. The highest BCUT2D eigenvalue weighted by atomic mass is 79.9. The van der Waals surface area contributed by atoms with E-state index in [9.17, 15) is 0 Å². The van der Waals surface area contributed by atoms with Gasteiger partial charge in [0.25, 0.3) is 0 Å². The maximum absolute atomic E-state index is 5.86. The lowest BCUT2D eigenvalue weighted by atomic mass is 9.89. The van der Waals surface area contributed by atoms with Crippen LogP contribution in [0.4, 0.5) is 0 Å². The van der Waals surface area contributed by atoms with Crippen LogP contribution in [0.1, 0.15) is 25.2 Å². The van der Waals surface area contributed by atoms with Crippen molar-refractivity contribution in [3.8, 4) is 11.4 Å². The molecule has 1 heterocycles. The van der Waals surface area contributed by atoms with Gasteiger partial charge >= 0.3 is 0 Å². The minimum absolute atomic E-state index is 0.173. The van der Waals surface area contributed by atoms with Gasteiger partial charge in [0.1, 0.15) is 5.75 Å². The van der Waals surface area contributed by atoms with Gasteiger partial charge in [-0.2, -0.15) is 5.10 Å². The fourth-order valence-electron chi connectivity index (χ4n) is 2.01. The Morgan fingerprint density at radius 2 is 2.10 bits per heavy atom. The van der Waals surface area contributed by atoms with Gasteiger partial charge in [0, 0.05) is 18.0 Å². The van der Waals surface area contributed by atoms with Gasteiger partial charge in [-0.05, 0) is 35.0 Å². The molecule has 20 heavy (non-hydrogen) atoms. The third-order valence-electron chi connectivity index (χ3n) is 3.49. The fourth-order valence-corrected chi connectivity index (χ4v) is 2.79. The van der Waals surface area contributed by atoms with Crippen LogP contribution in [0.25, 0.3) is 5.69 Å². The van der Waals surface area contributed by atoms with E-state index in [1.807, 2.05) is 35.9 Å². The lowest BCUT2D eigenvalue weighted by Crippen LogP contribution is -2.29. The Morgan fingerprint density at radius 3 is 2.70 bits per heavy atom. The molecule has 1 aromatic carbocycles. The van der Waals surface area contributed by atoms with E-state index in [1.165, 1.54) is 0 Å². The molecule has 0 bridgehead atoms. The van der Waals surface area contributed by atoms with Crippen LogP contribution >= 0.6 is 15.9 Å². The molecule has 0 radical (unpaired) electrons. The van der Waals surface area contributed by atoms with E-state index in [1.54, 1.807) is 7.11 Å². The number of hydrogen-bond acceptors (Lipinski definition) is 3. The second kappa shape index (κ2) is 5.58. The predicted octanol–water partition coefficient (Wildman–Crippen LogP) is 3.19. The van der Waals surface area contributed by atoms with Crippen molar-refractivity contribution in [1.29, 1.82) is 0 Å². The number of aromatic nitrogens is 2. The molecule has 0 saturated heterocycles. The zero-order valence-corrected chi connectivity index (χ0v) is 13.9. The van der Waals surface area contributed by atoms with E-state index in [0.717, 1.165) is 27.3 Å². The molecule has 0 aliphatic heterocycles. The smallest absolute Gasteiger partial charge is 0.121 e. The Kier molecular flexibility index (Phi) is 4.20. The van der Waals surface area contributed by atoms with Gasteiger partial charge in [0.05, 0.1) is 28.7 Å². The number of hydrogen-bond donors (Lipinski definition) is 1. The van der Waals surface area contributed by atoms with Gasteiger partial charge in [0.2, 0.25) is 0 Å². The van der Waals surface area contributed by atoms with Crippen LogP contribution in [-0.4, -0.2) is 23.4 Å². The predicted molar refractivity (Wildman–Crippen MR) is 84.6 cm³/mol. The molecule has 1 aromatic heterocycles. The van der Waals surface area contributed by atoms with E-state index in [0.29, 0.717) is 6.54 Å². The molecule has 2 aromatic rings. The summed E-state index contributed by atoms with van der Waals surface area (Å²) in [4.78, 5) is 0. The van der Waals surface area contributed by atoms with Gasteiger partial charge in [-0.25, -0.2) is 4.68 Å². The van der Waals surface area contributed by atoms with Crippen LogP contribution in [0.15, 0.2) is 28.7 Å². The molecule has 0 saturated carbocycles. The summed E-state index contributed by atoms with van der Waals surface area (Å²) in [6.45, 7) is 6.76. The van der Waals surface area contributed by atoms with Crippen LogP contribution in [0.5, 0.6) is 5.75 Å². The van der Waals surface area contributed by atoms with Gasteiger partial charge in [-0.3, -0.25) is 0 Å². The molecule has 4 nitrogen and oxygen atoms in total. The lowest BCUT2D eigenvalue weighted by molar-refractivity contribution is 0.414. The van der Waals surface area contributed by atoms with Crippen molar-refractivity contribution in [1.82, 2.24) is 9.78 Å². The molecule has 0 aliphatic carbocycles. The van der Waals surface area contributed by atoms with Gasteiger partial charge in [0.15, 0.2) is 0 Å². The number of methoxy groups -OCH3 is 1. The summed E-state index contributed by atoms with van der Waals surface area (Å²) in [5, 5.41) is 4.73. The molecule has 0 atom stereocenters. The molecule has 0 aliphatic rings. The minimum Gasteiger partial charge on any atom is -0.497 e. The molecule has 2 rings (SSSR count). The standard InChI is InChI=1S/C15H20BrN3O/c1-10-13(16)14(15(2,3)9-17)18-19(10)11-6-5-7-12(8-11)20-4/h5-8H,9,17H2,1-4H3. The van der Waals surface area contributed by atoms with E-state index in [4.69, 9.17) is 15.6 Å². The first kappa shape index (κ1) is 15.1. The summed E-state index contributed by atoms with van der Waals surface area (Å²) < 4.78 is 8.19. The normalized spacial score (nSPS) is 11.7.